The zero-order valence-corrected chi connectivity index (χ0v) is 13.1. The van der Waals surface area contributed by atoms with Gasteiger partial charge < -0.3 is 20.1 Å². The van der Waals surface area contributed by atoms with Gasteiger partial charge in [-0.15, -0.1) is 0 Å². The molecule has 2 N–H and O–H groups in total. The Morgan fingerprint density at radius 1 is 1.43 bits per heavy atom. The summed E-state index contributed by atoms with van der Waals surface area (Å²) in [5, 5.41) is 12.3. The Labute approximate surface area is 126 Å². The Kier molecular flexibility index (Phi) is 7.71. The van der Waals surface area contributed by atoms with E-state index >= 15 is 0 Å². The Bertz CT molecular complexity index is 452. The lowest BCUT2D eigenvalue weighted by molar-refractivity contribution is 0.0656. The van der Waals surface area contributed by atoms with Crippen molar-refractivity contribution in [3.8, 4) is 0 Å². The molecule has 0 radical (unpaired) electrons. The van der Waals surface area contributed by atoms with Crippen LogP contribution < -0.4 is 5.32 Å². The maximum Gasteiger partial charge on any atom is 0.254 e. The van der Waals surface area contributed by atoms with Crippen LogP contribution in [0.1, 0.15) is 29.4 Å². The number of aliphatic hydroxyl groups is 1. The van der Waals surface area contributed by atoms with Crippen molar-refractivity contribution in [2.45, 2.75) is 20.3 Å². The number of methoxy groups -OCH3 is 1. The van der Waals surface area contributed by atoms with Gasteiger partial charge in [0.1, 0.15) is 5.82 Å². The number of rotatable bonds is 9. The minimum Gasteiger partial charge on any atom is -0.395 e. The van der Waals surface area contributed by atoms with Crippen LogP contribution in [0, 0.1) is 6.92 Å². The van der Waals surface area contributed by atoms with Gasteiger partial charge in [0.05, 0.1) is 13.2 Å². The van der Waals surface area contributed by atoms with Crippen LogP contribution in [0.5, 0.6) is 0 Å². The van der Waals surface area contributed by atoms with E-state index in [0.717, 1.165) is 18.7 Å². The lowest BCUT2D eigenvalue weighted by atomic mass is 10.2. The van der Waals surface area contributed by atoms with Crippen LogP contribution in [-0.2, 0) is 4.74 Å². The van der Waals surface area contributed by atoms with E-state index in [1.54, 1.807) is 24.1 Å². The van der Waals surface area contributed by atoms with Gasteiger partial charge in [0.25, 0.3) is 5.91 Å². The third-order valence-electron chi connectivity index (χ3n) is 2.98. The summed E-state index contributed by atoms with van der Waals surface area (Å²) in [6, 6.07) is 3.51. The standard InChI is InChI=1S/C15H25N3O3/c1-4-5-16-14-11-13(10-12(2)17-14)15(20)18(6-8-19)7-9-21-3/h10-11,19H,4-9H2,1-3H3,(H,16,17). The molecule has 6 nitrogen and oxygen atoms in total. The molecule has 1 aromatic rings. The molecule has 0 spiro atoms. The average Bonchev–Trinajstić information content (AvgIpc) is 2.48. The lowest BCUT2D eigenvalue weighted by Crippen LogP contribution is -2.36. The van der Waals surface area contributed by atoms with Gasteiger partial charge in [0, 0.05) is 38.0 Å². The molecular weight excluding hydrogens is 270 g/mol. The van der Waals surface area contributed by atoms with E-state index in [9.17, 15) is 4.79 Å². The number of aliphatic hydroxyl groups excluding tert-OH is 1. The number of ether oxygens (including phenoxy) is 1. The second-order valence-electron chi connectivity index (χ2n) is 4.82. The first-order valence-electron chi connectivity index (χ1n) is 7.24. The van der Waals surface area contributed by atoms with Crippen LogP contribution in [0.4, 0.5) is 5.82 Å². The Morgan fingerprint density at radius 2 is 2.19 bits per heavy atom. The van der Waals surface area contributed by atoms with E-state index < -0.39 is 0 Å². The van der Waals surface area contributed by atoms with Crippen molar-refractivity contribution < 1.29 is 14.6 Å². The first-order chi connectivity index (χ1) is 10.1. The summed E-state index contributed by atoms with van der Waals surface area (Å²) in [5.74, 6) is 0.585. The predicted molar refractivity (Wildman–Crippen MR) is 82.6 cm³/mol. The van der Waals surface area contributed by atoms with Gasteiger partial charge >= 0.3 is 0 Å². The van der Waals surface area contributed by atoms with Crippen molar-refractivity contribution in [3.05, 3.63) is 23.4 Å². The van der Waals surface area contributed by atoms with Gasteiger partial charge in [-0.1, -0.05) is 6.92 Å². The topological polar surface area (TPSA) is 74.7 Å². The van der Waals surface area contributed by atoms with Crippen molar-refractivity contribution in [2.24, 2.45) is 0 Å². The fraction of sp³-hybridized carbons (Fsp3) is 0.600. The number of aromatic nitrogens is 1. The van der Waals surface area contributed by atoms with Crippen LogP contribution in [-0.4, -0.2) is 60.9 Å². The van der Waals surface area contributed by atoms with Crippen LogP contribution in [0.25, 0.3) is 0 Å². The summed E-state index contributed by atoms with van der Waals surface area (Å²) < 4.78 is 5.01. The minimum absolute atomic E-state index is 0.0690. The van der Waals surface area contributed by atoms with E-state index in [1.807, 2.05) is 6.92 Å². The fourth-order valence-electron chi connectivity index (χ4n) is 1.96. The minimum atomic E-state index is -0.119. The number of pyridine rings is 1. The molecule has 0 fully saturated rings. The van der Waals surface area contributed by atoms with Crippen LogP contribution >= 0.6 is 0 Å². The molecule has 1 heterocycles. The molecule has 21 heavy (non-hydrogen) atoms. The number of hydrogen-bond acceptors (Lipinski definition) is 5. The van der Waals surface area contributed by atoms with E-state index in [0.29, 0.717) is 31.1 Å². The molecular formula is C15H25N3O3. The summed E-state index contributed by atoms with van der Waals surface area (Å²) >= 11 is 0. The van der Waals surface area contributed by atoms with Gasteiger partial charge in [0.15, 0.2) is 0 Å². The molecule has 118 valence electrons. The second kappa shape index (κ2) is 9.31. The molecule has 0 aliphatic heterocycles. The quantitative estimate of drug-likeness (QED) is 0.718. The molecule has 1 aromatic heterocycles. The normalized spacial score (nSPS) is 10.5. The Hall–Kier alpha value is -1.66. The monoisotopic (exact) mass is 295 g/mol. The van der Waals surface area contributed by atoms with Crippen molar-refractivity contribution in [1.82, 2.24) is 9.88 Å². The van der Waals surface area contributed by atoms with Crippen molar-refractivity contribution in [2.75, 3.05) is 45.3 Å². The fourth-order valence-corrected chi connectivity index (χ4v) is 1.96. The number of anilines is 1. The molecule has 6 heteroatoms. The van der Waals surface area contributed by atoms with E-state index in [2.05, 4.69) is 17.2 Å². The highest BCUT2D eigenvalue weighted by atomic mass is 16.5. The third kappa shape index (κ3) is 5.69. The molecule has 0 saturated heterocycles. The number of nitrogens with zero attached hydrogens (tertiary/aromatic N) is 2. The SMILES string of the molecule is CCCNc1cc(C(=O)N(CCO)CCOC)cc(C)n1. The summed E-state index contributed by atoms with van der Waals surface area (Å²) in [4.78, 5) is 18.5. The summed E-state index contributed by atoms with van der Waals surface area (Å²) in [6.07, 6.45) is 0.989. The highest BCUT2D eigenvalue weighted by Crippen LogP contribution is 2.13. The molecule has 0 bridgehead atoms. The van der Waals surface area contributed by atoms with E-state index in [4.69, 9.17) is 9.84 Å². The zero-order valence-electron chi connectivity index (χ0n) is 13.1. The molecule has 0 aliphatic rings. The Morgan fingerprint density at radius 3 is 2.81 bits per heavy atom. The van der Waals surface area contributed by atoms with Gasteiger partial charge in [0.2, 0.25) is 0 Å². The molecule has 0 aliphatic carbocycles. The molecule has 0 aromatic carbocycles. The maximum atomic E-state index is 12.5. The van der Waals surface area contributed by atoms with Gasteiger partial charge in [-0.2, -0.15) is 0 Å². The van der Waals surface area contributed by atoms with Gasteiger partial charge in [-0.25, -0.2) is 4.98 Å². The predicted octanol–water partition coefficient (Wildman–Crippen LogP) is 1.29. The highest BCUT2D eigenvalue weighted by molar-refractivity contribution is 5.95. The number of amides is 1. The van der Waals surface area contributed by atoms with Crippen molar-refractivity contribution in [3.63, 3.8) is 0 Å². The lowest BCUT2D eigenvalue weighted by Gasteiger charge is -2.22. The number of nitrogens with one attached hydrogen (secondary N) is 1. The number of carbonyl (C=O) groups is 1. The van der Waals surface area contributed by atoms with E-state index in [1.165, 1.54) is 0 Å². The number of carbonyl (C=O) groups excluding carboxylic acids is 1. The smallest absolute Gasteiger partial charge is 0.254 e. The first kappa shape index (κ1) is 17.4. The van der Waals surface area contributed by atoms with Crippen LogP contribution in [0.3, 0.4) is 0 Å². The van der Waals surface area contributed by atoms with Crippen molar-refractivity contribution in [1.29, 1.82) is 0 Å². The molecule has 0 unspecified atom stereocenters. The van der Waals surface area contributed by atoms with Gasteiger partial charge in [-0.05, 0) is 25.5 Å². The molecule has 1 amide bonds. The summed E-state index contributed by atoms with van der Waals surface area (Å²) in [5.41, 5.74) is 1.36. The van der Waals surface area contributed by atoms with Gasteiger partial charge in [-0.3, -0.25) is 4.79 Å². The summed E-state index contributed by atoms with van der Waals surface area (Å²) in [6.45, 7) is 5.86. The molecule has 0 saturated carbocycles. The average molecular weight is 295 g/mol. The van der Waals surface area contributed by atoms with Crippen LogP contribution in [0.2, 0.25) is 0 Å². The molecule has 0 atom stereocenters. The third-order valence-corrected chi connectivity index (χ3v) is 2.98. The maximum absolute atomic E-state index is 12.5. The highest BCUT2D eigenvalue weighted by Gasteiger charge is 2.16. The van der Waals surface area contributed by atoms with Crippen LogP contribution in [0.15, 0.2) is 12.1 Å². The largest absolute Gasteiger partial charge is 0.395 e. The summed E-state index contributed by atoms with van der Waals surface area (Å²) in [7, 11) is 1.59. The Balaban J connectivity index is 2.89. The van der Waals surface area contributed by atoms with Crippen molar-refractivity contribution >= 4 is 11.7 Å². The van der Waals surface area contributed by atoms with E-state index in [-0.39, 0.29) is 12.5 Å². The second-order valence-corrected chi connectivity index (χ2v) is 4.82. The number of hydrogen-bond donors (Lipinski definition) is 2. The number of aryl methyl sites for hydroxylation is 1. The zero-order chi connectivity index (χ0) is 15.7. The molecule has 1 rings (SSSR count). The first-order valence-corrected chi connectivity index (χ1v) is 7.24.